The molecule has 1 rings (SSSR count). The maximum Gasteiger partial charge on any atom is 0.407 e. The largest absolute Gasteiger partial charge is 0.444 e. The molecule has 8 nitrogen and oxygen atoms in total. The van der Waals surface area contributed by atoms with Gasteiger partial charge in [-0.3, -0.25) is 4.79 Å². The molecule has 0 aromatic carbocycles. The SMILES string of the molecule is CN(C)C(=O)c1ccc(NCCNC(=O)OC(C)(C)C)nn1. The van der Waals surface area contributed by atoms with Crippen molar-refractivity contribution in [2.24, 2.45) is 0 Å². The van der Waals surface area contributed by atoms with E-state index < -0.39 is 11.7 Å². The van der Waals surface area contributed by atoms with Gasteiger partial charge in [-0.25, -0.2) is 4.79 Å². The van der Waals surface area contributed by atoms with Crippen molar-refractivity contribution in [1.29, 1.82) is 0 Å². The zero-order chi connectivity index (χ0) is 16.8. The molecule has 0 aliphatic rings. The first-order chi connectivity index (χ1) is 10.2. The Kier molecular flexibility index (Phi) is 6.09. The first-order valence-electron chi connectivity index (χ1n) is 6.95. The molecule has 2 N–H and O–H groups in total. The van der Waals surface area contributed by atoms with Crippen LogP contribution in [-0.4, -0.2) is 59.9 Å². The van der Waals surface area contributed by atoms with Gasteiger partial charge >= 0.3 is 6.09 Å². The number of carbonyl (C=O) groups is 2. The maximum absolute atomic E-state index is 11.6. The molecule has 1 aromatic heterocycles. The fourth-order valence-electron chi connectivity index (χ4n) is 1.44. The van der Waals surface area contributed by atoms with E-state index >= 15 is 0 Å². The predicted molar refractivity (Wildman–Crippen MR) is 82.8 cm³/mol. The number of hydrogen-bond acceptors (Lipinski definition) is 6. The maximum atomic E-state index is 11.6. The number of rotatable bonds is 5. The molecule has 0 radical (unpaired) electrons. The summed E-state index contributed by atoms with van der Waals surface area (Å²) in [6, 6.07) is 3.26. The minimum absolute atomic E-state index is 0.203. The molecule has 0 bridgehead atoms. The normalized spacial score (nSPS) is 10.8. The zero-order valence-electron chi connectivity index (χ0n) is 13.6. The van der Waals surface area contributed by atoms with Gasteiger partial charge in [-0.2, -0.15) is 0 Å². The Bertz CT molecular complexity index is 508. The topological polar surface area (TPSA) is 96.5 Å². The van der Waals surface area contributed by atoms with Gasteiger partial charge in [0, 0.05) is 27.2 Å². The molecule has 0 aliphatic carbocycles. The van der Waals surface area contributed by atoms with E-state index in [0.717, 1.165) is 0 Å². The second-order valence-corrected chi connectivity index (χ2v) is 5.86. The van der Waals surface area contributed by atoms with Crippen LogP contribution in [0, 0.1) is 0 Å². The lowest BCUT2D eigenvalue weighted by Crippen LogP contribution is -2.35. The number of nitrogens with one attached hydrogen (secondary N) is 2. The van der Waals surface area contributed by atoms with Gasteiger partial charge in [0.1, 0.15) is 11.4 Å². The Hall–Kier alpha value is -2.38. The molecular formula is C14H23N5O3. The fourth-order valence-corrected chi connectivity index (χ4v) is 1.44. The molecule has 0 aliphatic heterocycles. The number of aromatic nitrogens is 2. The molecule has 0 fully saturated rings. The van der Waals surface area contributed by atoms with E-state index in [1.165, 1.54) is 4.90 Å². The molecule has 8 heteroatoms. The van der Waals surface area contributed by atoms with Gasteiger partial charge in [-0.05, 0) is 32.9 Å². The summed E-state index contributed by atoms with van der Waals surface area (Å²) in [5, 5.41) is 13.4. The highest BCUT2D eigenvalue weighted by Crippen LogP contribution is 2.06. The minimum Gasteiger partial charge on any atom is -0.444 e. The van der Waals surface area contributed by atoms with E-state index in [-0.39, 0.29) is 11.6 Å². The van der Waals surface area contributed by atoms with Crippen LogP contribution >= 0.6 is 0 Å². The summed E-state index contributed by atoms with van der Waals surface area (Å²) in [5.41, 5.74) is -0.236. The zero-order valence-corrected chi connectivity index (χ0v) is 13.6. The van der Waals surface area contributed by atoms with Crippen molar-refractivity contribution in [3.63, 3.8) is 0 Å². The predicted octanol–water partition coefficient (Wildman–Crippen LogP) is 1.11. The van der Waals surface area contributed by atoms with Crippen molar-refractivity contribution in [3.8, 4) is 0 Å². The number of nitrogens with zero attached hydrogens (tertiary/aromatic N) is 3. The Labute approximate surface area is 130 Å². The highest BCUT2D eigenvalue weighted by atomic mass is 16.6. The summed E-state index contributed by atoms with van der Waals surface area (Å²) in [6.07, 6.45) is -0.465. The van der Waals surface area contributed by atoms with E-state index in [2.05, 4.69) is 20.8 Å². The summed E-state index contributed by atoms with van der Waals surface area (Å²) < 4.78 is 5.11. The summed E-state index contributed by atoms with van der Waals surface area (Å²) in [5.74, 6) is 0.326. The van der Waals surface area contributed by atoms with Crippen molar-refractivity contribution in [1.82, 2.24) is 20.4 Å². The first kappa shape index (κ1) is 17.7. The number of alkyl carbamates (subject to hydrolysis) is 1. The average Bonchev–Trinajstić information content (AvgIpc) is 2.41. The Morgan fingerprint density at radius 1 is 1.18 bits per heavy atom. The van der Waals surface area contributed by atoms with Crippen LogP contribution < -0.4 is 10.6 Å². The van der Waals surface area contributed by atoms with E-state index in [1.54, 1.807) is 47.0 Å². The third-order valence-electron chi connectivity index (χ3n) is 2.39. The van der Waals surface area contributed by atoms with E-state index in [1.807, 2.05) is 0 Å². The van der Waals surface area contributed by atoms with Crippen LogP contribution in [0.15, 0.2) is 12.1 Å². The molecule has 0 saturated carbocycles. The van der Waals surface area contributed by atoms with Gasteiger partial charge in [0.25, 0.3) is 5.91 Å². The molecular weight excluding hydrogens is 286 g/mol. The summed E-state index contributed by atoms with van der Waals surface area (Å²) in [4.78, 5) is 24.5. The van der Waals surface area contributed by atoms with Gasteiger partial charge in [0.2, 0.25) is 0 Å². The van der Waals surface area contributed by atoms with Gasteiger partial charge in [-0.1, -0.05) is 0 Å². The second-order valence-electron chi connectivity index (χ2n) is 5.86. The third-order valence-corrected chi connectivity index (χ3v) is 2.39. The fraction of sp³-hybridized carbons (Fsp3) is 0.571. The Balaban J connectivity index is 2.34. The molecule has 22 heavy (non-hydrogen) atoms. The van der Waals surface area contributed by atoms with Gasteiger partial charge in [-0.15, -0.1) is 10.2 Å². The van der Waals surface area contributed by atoms with Crippen LogP contribution in [0.3, 0.4) is 0 Å². The quantitative estimate of drug-likeness (QED) is 0.791. The molecule has 1 heterocycles. The van der Waals surface area contributed by atoms with Crippen molar-refractivity contribution < 1.29 is 14.3 Å². The summed E-state index contributed by atoms with van der Waals surface area (Å²) in [7, 11) is 3.30. The highest BCUT2D eigenvalue weighted by molar-refractivity contribution is 5.91. The molecule has 2 amide bonds. The van der Waals surface area contributed by atoms with Gasteiger partial charge in [0.15, 0.2) is 5.69 Å². The van der Waals surface area contributed by atoms with Crippen molar-refractivity contribution in [2.75, 3.05) is 32.5 Å². The van der Waals surface area contributed by atoms with Gasteiger partial charge in [0.05, 0.1) is 0 Å². The highest BCUT2D eigenvalue weighted by Gasteiger charge is 2.15. The van der Waals surface area contributed by atoms with Crippen LogP contribution in [0.5, 0.6) is 0 Å². The van der Waals surface area contributed by atoms with Crippen molar-refractivity contribution >= 4 is 17.8 Å². The van der Waals surface area contributed by atoms with Crippen molar-refractivity contribution in [2.45, 2.75) is 26.4 Å². The second kappa shape index (κ2) is 7.58. The first-order valence-corrected chi connectivity index (χ1v) is 6.95. The Morgan fingerprint density at radius 2 is 1.86 bits per heavy atom. The van der Waals surface area contributed by atoms with Crippen molar-refractivity contribution in [3.05, 3.63) is 17.8 Å². The number of amides is 2. The number of carbonyl (C=O) groups excluding carboxylic acids is 2. The van der Waals surface area contributed by atoms with Gasteiger partial charge < -0.3 is 20.3 Å². The molecule has 0 unspecified atom stereocenters. The smallest absolute Gasteiger partial charge is 0.407 e. The third kappa shape index (κ3) is 6.38. The lowest BCUT2D eigenvalue weighted by Gasteiger charge is -2.19. The van der Waals surface area contributed by atoms with Crippen LogP contribution in [0.25, 0.3) is 0 Å². The molecule has 0 spiro atoms. The average molecular weight is 309 g/mol. The summed E-state index contributed by atoms with van der Waals surface area (Å²) >= 11 is 0. The standard InChI is InChI=1S/C14H23N5O3/c1-14(2,3)22-13(21)16-9-8-15-11-7-6-10(17-18-11)12(20)19(4)5/h6-7H,8-9H2,1-5H3,(H,15,18)(H,16,21). The number of ether oxygens (including phenoxy) is 1. The molecule has 122 valence electrons. The number of hydrogen-bond donors (Lipinski definition) is 2. The summed E-state index contributed by atoms with van der Waals surface area (Å²) in [6.45, 7) is 6.26. The van der Waals surface area contributed by atoms with E-state index in [4.69, 9.17) is 4.74 Å². The van der Waals surface area contributed by atoms with E-state index in [9.17, 15) is 9.59 Å². The van der Waals surface area contributed by atoms with Crippen LogP contribution in [0.2, 0.25) is 0 Å². The lowest BCUT2D eigenvalue weighted by molar-refractivity contribution is 0.0529. The van der Waals surface area contributed by atoms with Crippen LogP contribution in [-0.2, 0) is 4.74 Å². The van der Waals surface area contributed by atoms with E-state index in [0.29, 0.717) is 18.9 Å². The van der Waals surface area contributed by atoms with Crippen LogP contribution in [0.1, 0.15) is 31.3 Å². The lowest BCUT2D eigenvalue weighted by atomic mass is 10.2. The molecule has 0 saturated heterocycles. The minimum atomic E-state index is -0.516. The molecule has 1 aromatic rings. The van der Waals surface area contributed by atoms with Crippen LogP contribution in [0.4, 0.5) is 10.6 Å². The molecule has 0 atom stereocenters. The number of anilines is 1. The monoisotopic (exact) mass is 309 g/mol. The Morgan fingerprint density at radius 3 is 2.36 bits per heavy atom.